The van der Waals surface area contributed by atoms with Crippen LogP contribution in [0.3, 0.4) is 0 Å². The monoisotopic (exact) mass is 259 g/mol. The van der Waals surface area contributed by atoms with E-state index in [0.29, 0.717) is 0 Å². The SMILES string of the molecule is CCc1occc1C(N)c1ccc(CCOC)cc1. The first-order chi connectivity index (χ1) is 9.26. The van der Waals surface area contributed by atoms with Crippen molar-refractivity contribution in [2.45, 2.75) is 25.8 Å². The Hall–Kier alpha value is -1.58. The normalized spacial score (nSPS) is 12.6. The van der Waals surface area contributed by atoms with Crippen LogP contribution in [0.15, 0.2) is 41.0 Å². The zero-order chi connectivity index (χ0) is 13.7. The van der Waals surface area contributed by atoms with Crippen molar-refractivity contribution in [3.05, 3.63) is 59.0 Å². The quantitative estimate of drug-likeness (QED) is 0.867. The minimum atomic E-state index is -0.120. The third-order valence-corrected chi connectivity index (χ3v) is 3.37. The highest BCUT2D eigenvalue weighted by Crippen LogP contribution is 2.24. The van der Waals surface area contributed by atoms with Gasteiger partial charge in [0.2, 0.25) is 0 Å². The van der Waals surface area contributed by atoms with E-state index in [1.165, 1.54) is 5.56 Å². The molecule has 19 heavy (non-hydrogen) atoms. The number of aryl methyl sites for hydroxylation is 1. The molecule has 102 valence electrons. The Bertz CT molecular complexity index is 502. The Kier molecular flexibility index (Phi) is 4.77. The van der Waals surface area contributed by atoms with Crippen molar-refractivity contribution in [1.82, 2.24) is 0 Å². The van der Waals surface area contributed by atoms with Crippen LogP contribution >= 0.6 is 0 Å². The molecule has 3 nitrogen and oxygen atoms in total. The molecule has 0 spiro atoms. The van der Waals surface area contributed by atoms with E-state index in [1.54, 1.807) is 13.4 Å². The lowest BCUT2D eigenvalue weighted by atomic mass is 9.98. The molecule has 1 unspecified atom stereocenters. The highest BCUT2D eigenvalue weighted by Gasteiger charge is 2.14. The van der Waals surface area contributed by atoms with E-state index in [1.807, 2.05) is 6.07 Å². The standard InChI is InChI=1S/C16H21NO2/c1-3-15-14(9-11-19-15)16(17)13-6-4-12(5-7-13)8-10-18-2/h4-7,9,11,16H,3,8,10,17H2,1-2H3. The summed E-state index contributed by atoms with van der Waals surface area (Å²) in [7, 11) is 1.72. The van der Waals surface area contributed by atoms with Gasteiger partial charge < -0.3 is 14.9 Å². The predicted molar refractivity (Wildman–Crippen MR) is 76.1 cm³/mol. The van der Waals surface area contributed by atoms with Gasteiger partial charge in [-0.1, -0.05) is 31.2 Å². The van der Waals surface area contributed by atoms with Crippen LogP contribution in [0.1, 0.15) is 35.4 Å². The topological polar surface area (TPSA) is 48.4 Å². The van der Waals surface area contributed by atoms with Crippen LogP contribution in [0, 0.1) is 0 Å². The predicted octanol–water partition coefficient (Wildman–Crippen LogP) is 3.08. The number of methoxy groups -OCH3 is 1. The molecule has 0 saturated heterocycles. The van der Waals surface area contributed by atoms with Gasteiger partial charge in [0, 0.05) is 19.1 Å². The highest BCUT2D eigenvalue weighted by molar-refractivity contribution is 5.34. The molecule has 1 atom stereocenters. The van der Waals surface area contributed by atoms with E-state index in [4.69, 9.17) is 14.9 Å². The first-order valence-corrected chi connectivity index (χ1v) is 6.66. The summed E-state index contributed by atoms with van der Waals surface area (Å²) in [6.07, 6.45) is 3.50. The van der Waals surface area contributed by atoms with Gasteiger partial charge in [0.05, 0.1) is 18.9 Å². The molecule has 0 aliphatic rings. The van der Waals surface area contributed by atoms with E-state index >= 15 is 0 Å². The fraction of sp³-hybridized carbons (Fsp3) is 0.375. The van der Waals surface area contributed by atoms with Crippen molar-refractivity contribution in [3.8, 4) is 0 Å². The van der Waals surface area contributed by atoms with Gasteiger partial charge in [0.25, 0.3) is 0 Å². The molecule has 1 heterocycles. The van der Waals surface area contributed by atoms with E-state index in [2.05, 4.69) is 31.2 Å². The van der Waals surface area contributed by atoms with Crippen molar-refractivity contribution in [2.75, 3.05) is 13.7 Å². The molecule has 0 aliphatic heterocycles. The molecular weight excluding hydrogens is 238 g/mol. The number of rotatable bonds is 6. The zero-order valence-electron chi connectivity index (χ0n) is 11.6. The van der Waals surface area contributed by atoms with Crippen LogP contribution in [-0.2, 0) is 17.6 Å². The molecule has 0 bridgehead atoms. The van der Waals surface area contributed by atoms with Gasteiger partial charge in [-0.05, 0) is 23.6 Å². The van der Waals surface area contributed by atoms with Gasteiger partial charge in [-0.2, -0.15) is 0 Å². The van der Waals surface area contributed by atoms with Crippen LogP contribution in [0.4, 0.5) is 0 Å². The lowest BCUT2D eigenvalue weighted by molar-refractivity contribution is 0.202. The van der Waals surface area contributed by atoms with Crippen LogP contribution < -0.4 is 5.73 Å². The maximum absolute atomic E-state index is 6.30. The van der Waals surface area contributed by atoms with E-state index < -0.39 is 0 Å². The number of furan rings is 1. The van der Waals surface area contributed by atoms with Crippen molar-refractivity contribution < 1.29 is 9.15 Å². The lowest BCUT2D eigenvalue weighted by Crippen LogP contribution is -2.12. The summed E-state index contributed by atoms with van der Waals surface area (Å²) in [6.45, 7) is 2.82. The fourth-order valence-corrected chi connectivity index (χ4v) is 2.21. The van der Waals surface area contributed by atoms with Crippen LogP contribution in [0.5, 0.6) is 0 Å². The van der Waals surface area contributed by atoms with Crippen LogP contribution in [-0.4, -0.2) is 13.7 Å². The third-order valence-electron chi connectivity index (χ3n) is 3.37. The van der Waals surface area contributed by atoms with Crippen LogP contribution in [0.25, 0.3) is 0 Å². The fourth-order valence-electron chi connectivity index (χ4n) is 2.21. The molecule has 2 rings (SSSR count). The zero-order valence-corrected chi connectivity index (χ0v) is 11.6. The number of ether oxygens (including phenoxy) is 1. The van der Waals surface area contributed by atoms with Gasteiger partial charge in [0.1, 0.15) is 5.76 Å². The summed E-state index contributed by atoms with van der Waals surface area (Å²) in [5, 5.41) is 0. The Morgan fingerprint density at radius 3 is 2.58 bits per heavy atom. The molecule has 2 N–H and O–H groups in total. The number of benzene rings is 1. The average molecular weight is 259 g/mol. The molecule has 0 amide bonds. The van der Waals surface area contributed by atoms with Gasteiger partial charge in [-0.25, -0.2) is 0 Å². The summed E-state index contributed by atoms with van der Waals surface area (Å²) in [4.78, 5) is 0. The summed E-state index contributed by atoms with van der Waals surface area (Å²) in [5.41, 5.74) is 9.75. The summed E-state index contributed by atoms with van der Waals surface area (Å²) >= 11 is 0. The molecule has 2 aromatic rings. The van der Waals surface area contributed by atoms with Gasteiger partial charge in [-0.3, -0.25) is 0 Å². The second-order valence-corrected chi connectivity index (χ2v) is 4.61. The maximum Gasteiger partial charge on any atom is 0.108 e. The van der Waals surface area contributed by atoms with Gasteiger partial charge in [0.15, 0.2) is 0 Å². The molecule has 1 aromatic heterocycles. The molecule has 0 aliphatic carbocycles. The lowest BCUT2D eigenvalue weighted by Gasteiger charge is -2.12. The summed E-state index contributed by atoms with van der Waals surface area (Å²) in [6, 6.07) is 10.2. The van der Waals surface area contributed by atoms with E-state index in [9.17, 15) is 0 Å². The van der Waals surface area contributed by atoms with Crippen molar-refractivity contribution in [2.24, 2.45) is 5.73 Å². The van der Waals surface area contributed by atoms with Crippen molar-refractivity contribution in [1.29, 1.82) is 0 Å². The molecular formula is C16H21NO2. The summed E-state index contributed by atoms with van der Waals surface area (Å²) in [5.74, 6) is 0.968. The molecule has 0 radical (unpaired) electrons. The van der Waals surface area contributed by atoms with E-state index in [-0.39, 0.29) is 6.04 Å². The van der Waals surface area contributed by atoms with Gasteiger partial charge >= 0.3 is 0 Å². The maximum atomic E-state index is 6.30. The van der Waals surface area contributed by atoms with Crippen LogP contribution in [0.2, 0.25) is 0 Å². The van der Waals surface area contributed by atoms with Crippen molar-refractivity contribution >= 4 is 0 Å². The Labute approximate surface area is 114 Å². The second-order valence-electron chi connectivity index (χ2n) is 4.61. The smallest absolute Gasteiger partial charge is 0.108 e. The first kappa shape index (κ1) is 13.8. The third kappa shape index (κ3) is 3.25. The number of nitrogens with two attached hydrogens (primary N) is 1. The Morgan fingerprint density at radius 1 is 1.21 bits per heavy atom. The molecule has 0 fully saturated rings. The summed E-state index contributed by atoms with van der Waals surface area (Å²) < 4.78 is 10.5. The van der Waals surface area contributed by atoms with E-state index in [0.717, 1.165) is 36.3 Å². The average Bonchev–Trinajstić information content (AvgIpc) is 2.93. The largest absolute Gasteiger partial charge is 0.469 e. The first-order valence-electron chi connectivity index (χ1n) is 6.66. The molecule has 1 aromatic carbocycles. The van der Waals surface area contributed by atoms with Gasteiger partial charge in [-0.15, -0.1) is 0 Å². The number of hydrogen-bond acceptors (Lipinski definition) is 3. The minimum absolute atomic E-state index is 0.120. The minimum Gasteiger partial charge on any atom is -0.469 e. The molecule has 3 heteroatoms. The van der Waals surface area contributed by atoms with Crippen molar-refractivity contribution in [3.63, 3.8) is 0 Å². The Morgan fingerprint density at radius 2 is 1.95 bits per heavy atom. The highest BCUT2D eigenvalue weighted by atomic mass is 16.5. The molecule has 0 saturated carbocycles. The second kappa shape index (κ2) is 6.55. The number of hydrogen-bond donors (Lipinski definition) is 1. The Balaban J connectivity index is 2.13.